The Bertz CT molecular complexity index is 349. The number of rotatable bonds is 1. The van der Waals surface area contributed by atoms with E-state index in [1.807, 2.05) is 0 Å². The second kappa shape index (κ2) is 3.83. The Morgan fingerprint density at radius 2 is 2.14 bits per heavy atom. The quantitative estimate of drug-likeness (QED) is 0.722. The van der Waals surface area contributed by atoms with Crippen molar-refractivity contribution in [3.63, 3.8) is 0 Å². The largest absolute Gasteiger partial charge is 0.312 e. The standard InChI is InChI=1S/C10H14ClN3/c1-6(2)9-7-5-12-4-3-8(7)13-10(11)14-9/h6,12H,3-5H2,1-2H3. The molecule has 76 valence electrons. The molecule has 1 aromatic heterocycles. The molecule has 0 amide bonds. The summed E-state index contributed by atoms with van der Waals surface area (Å²) in [6, 6.07) is 0. The van der Waals surface area contributed by atoms with Gasteiger partial charge in [0, 0.05) is 25.1 Å². The molecule has 0 spiro atoms. The Labute approximate surface area is 88.9 Å². The van der Waals surface area contributed by atoms with Gasteiger partial charge in [-0.1, -0.05) is 13.8 Å². The van der Waals surface area contributed by atoms with Crippen molar-refractivity contribution in [2.75, 3.05) is 6.54 Å². The van der Waals surface area contributed by atoms with Crippen molar-refractivity contribution in [2.45, 2.75) is 32.7 Å². The van der Waals surface area contributed by atoms with Gasteiger partial charge in [-0.05, 0) is 17.5 Å². The summed E-state index contributed by atoms with van der Waals surface area (Å²) in [4.78, 5) is 8.57. The lowest BCUT2D eigenvalue weighted by molar-refractivity contribution is 0.608. The molecule has 0 bridgehead atoms. The molecule has 0 aromatic carbocycles. The molecule has 0 saturated heterocycles. The molecule has 0 radical (unpaired) electrons. The van der Waals surface area contributed by atoms with Crippen molar-refractivity contribution < 1.29 is 0 Å². The molecule has 2 heterocycles. The van der Waals surface area contributed by atoms with Gasteiger partial charge in [0.15, 0.2) is 0 Å². The minimum absolute atomic E-state index is 0.384. The molecule has 0 unspecified atom stereocenters. The molecule has 1 aromatic rings. The van der Waals surface area contributed by atoms with Gasteiger partial charge in [0.25, 0.3) is 0 Å². The smallest absolute Gasteiger partial charge is 0.222 e. The molecule has 1 aliphatic heterocycles. The summed E-state index contributed by atoms with van der Waals surface area (Å²) >= 11 is 5.88. The van der Waals surface area contributed by atoms with E-state index in [1.54, 1.807) is 0 Å². The fourth-order valence-corrected chi connectivity index (χ4v) is 2.01. The molecule has 4 heteroatoms. The fourth-order valence-electron chi connectivity index (χ4n) is 1.82. The van der Waals surface area contributed by atoms with Crippen LogP contribution < -0.4 is 5.32 Å². The van der Waals surface area contributed by atoms with E-state index in [-0.39, 0.29) is 0 Å². The van der Waals surface area contributed by atoms with E-state index in [0.29, 0.717) is 11.2 Å². The number of nitrogens with one attached hydrogen (secondary N) is 1. The maximum atomic E-state index is 5.88. The van der Waals surface area contributed by atoms with Crippen molar-refractivity contribution in [3.8, 4) is 0 Å². The van der Waals surface area contributed by atoms with Crippen LogP contribution in [0.15, 0.2) is 0 Å². The third kappa shape index (κ3) is 1.74. The van der Waals surface area contributed by atoms with E-state index in [4.69, 9.17) is 11.6 Å². The third-order valence-electron chi connectivity index (χ3n) is 2.48. The molecule has 0 atom stereocenters. The number of aromatic nitrogens is 2. The predicted octanol–water partition coefficient (Wildman–Crippen LogP) is 1.90. The molecular formula is C10H14ClN3. The van der Waals surface area contributed by atoms with Crippen LogP contribution in [0.5, 0.6) is 0 Å². The van der Waals surface area contributed by atoms with Gasteiger partial charge in [0.05, 0.1) is 11.4 Å². The van der Waals surface area contributed by atoms with Crippen molar-refractivity contribution in [1.29, 1.82) is 0 Å². The first-order chi connectivity index (χ1) is 6.68. The third-order valence-corrected chi connectivity index (χ3v) is 2.65. The number of hydrogen-bond donors (Lipinski definition) is 1. The molecule has 0 fully saturated rings. The van der Waals surface area contributed by atoms with Crippen LogP contribution in [-0.2, 0) is 13.0 Å². The van der Waals surface area contributed by atoms with E-state index in [1.165, 1.54) is 5.56 Å². The summed E-state index contributed by atoms with van der Waals surface area (Å²) in [5, 5.41) is 3.72. The zero-order valence-electron chi connectivity index (χ0n) is 8.47. The summed E-state index contributed by atoms with van der Waals surface area (Å²) in [5.74, 6) is 0.407. The Balaban J connectivity index is 2.52. The Morgan fingerprint density at radius 3 is 2.86 bits per heavy atom. The first kappa shape index (κ1) is 9.87. The number of hydrogen-bond acceptors (Lipinski definition) is 3. The summed E-state index contributed by atoms with van der Waals surface area (Å²) in [6.45, 7) is 6.12. The Morgan fingerprint density at radius 1 is 1.36 bits per heavy atom. The average Bonchev–Trinajstić information content (AvgIpc) is 2.16. The lowest BCUT2D eigenvalue weighted by Gasteiger charge is -2.20. The highest BCUT2D eigenvalue weighted by molar-refractivity contribution is 6.28. The minimum Gasteiger partial charge on any atom is -0.312 e. The van der Waals surface area contributed by atoms with E-state index < -0.39 is 0 Å². The summed E-state index contributed by atoms with van der Waals surface area (Å²) in [7, 11) is 0. The van der Waals surface area contributed by atoms with Gasteiger partial charge in [0.1, 0.15) is 0 Å². The Hall–Kier alpha value is -0.670. The zero-order valence-corrected chi connectivity index (χ0v) is 9.23. The molecule has 1 N–H and O–H groups in total. The molecule has 14 heavy (non-hydrogen) atoms. The topological polar surface area (TPSA) is 37.8 Å². The van der Waals surface area contributed by atoms with Crippen molar-refractivity contribution >= 4 is 11.6 Å². The second-order valence-electron chi connectivity index (χ2n) is 3.88. The Kier molecular flexibility index (Phi) is 2.70. The first-order valence-electron chi connectivity index (χ1n) is 4.94. The van der Waals surface area contributed by atoms with E-state index >= 15 is 0 Å². The average molecular weight is 212 g/mol. The zero-order chi connectivity index (χ0) is 10.1. The highest BCUT2D eigenvalue weighted by atomic mass is 35.5. The van der Waals surface area contributed by atoms with Gasteiger partial charge in [-0.3, -0.25) is 0 Å². The molecule has 0 aliphatic carbocycles. The van der Waals surface area contributed by atoms with Gasteiger partial charge in [-0.15, -0.1) is 0 Å². The summed E-state index contributed by atoms with van der Waals surface area (Å²) in [6.07, 6.45) is 0.956. The maximum absolute atomic E-state index is 5.88. The van der Waals surface area contributed by atoms with Crippen LogP contribution in [0.1, 0.15) is 36.7 Å². The minimum atomic E-state index is 0.384. The van der Waals surface area contributed by atoms with Gasteiger partial charge in [0.2, 0.25) is 5.28 Å². The highest BCUT2D eigenvalue weighted by Gasteiger charge is 2.18. The fraction of sp³-hybridized carbons (Fsp3) is 0.600. The molecule has 3 nitrogen and oxygen atoms in total. The van der Waals surface area contributed by atoms with Crippen LogP contribution in [0.3, 0.4) is 0 Å². The van der Waals surface area contributed by atoms with Crippen LogP contribution in [0, 0.1) is 0 Å². The first-order valence-corrected chi connectivity index (χ1v) is 5.32. The molecular weight excluding hydrogens is 198 g/mol. The highest BCUT2D eigenvalue weighted by Crippen LogP contribution is 2.23. The van der Waals surface area contributed by atoms with E-state index in [2.05, 4.69) is 29.1 Å². The molecule has 0 saturated carbocycles. The van der Waals surface area contributed by atoms with Crippen LogP contribution in [0.4, 0.5) is 0 Å². The van der Waals surface area contributed by atoms with Crippen molar-refractivity contribution in [1.82, 2.24) is 15.3 Å². The van der Waals surface area contributed by atoms with Gasteiger partial charge in [-0.25, -0.2) is 9.97 Å². The van der Waals surface area contributed by atoms with Gasteiger partial charge >= 0.3 is 0 Å². The van der Waals surface area contributed by atoms with Gasteiger partial charge < -0.3 is 5.32 Å². The molecule has 2 rings (SSSR count). The SMILES string of the molecule is CC(C)c1nc(Cl)nc2c1CNCC2. The number of halogens is 1. The maximum Gasteiger partial charge on any atom is 0.222 e. The van der Waals surface area contributed by atoms with Crippen LogP contribution in [0.2, 0.25) is 5.28 Å². The van der Waals surface area contributed by atoms with Crippen molar-refractivity contribution in [3.05, 3.63) is 22.2 Å². The molecule has 1 aliphatic rings. The lowest BCUT2D eigenvalue weighted by Crippen LogP contribution is -2.26. The predicted molar refractivity (Wildman–Crippen MR) is 56.5 cm³/mol. The summed E-state index contributed by atoms with van der Waals surface area (Å²) in [5.41, 5.74) is 3.45. The summed E-state index contributed by atoms with van der Waals surface area (Å²) < 4.78 is 0. The number of fused-ring (bicyclic) bond motifs is 1. The van der Waals surface area contributed by atoms with E-state index in [9.17, 15) is 0 Å². The van der Waals surface area contributed by atoms with E-state index in [0.717, 1.165) is 30.9 Å². The second-order valence-corrected chi connectivity index (χ2v) is 4.22. The van der Waals surface area contributed by atoms with Gasteiger partial charge in [-0.2, -0.15) is 0 Å². The monoisotopic (exact) mass is 211 g/mol. The number of nitrogens with zero attached hydrogens (tertiary/aromatic N) is 2. The lowest BCUT2D eigenvalue weighted by atomic mass is 9.99. The van der Waals surface area contributed by atoms with Crippen LogP contribution in [-0.4, -0.2) is 16.5 Å². The normalized spacial score (nSPS) is 15.7. The van der Waals surface area contributed by atoms with Crippen LogP contribution in [0.25, 0.3) is 0 Å². The van der Waals surface area contributed by atoms with Crippen molar-refractivity contribution in [2.24, 2.45) is 0 Å². The van der Waals surface area contributed by atoms with Crippen LogP contribution >= 0.6 is 11.6 Å².